The van der Waals surface area contributed by atoms with E-state index in [1.54, 1.807) is 13.0 Å². The molecule has 2 unspecified atom stereocenters. The van der Waals surface area contributed by atoms with Crippen molar-refractivity contribution >= 4 is 17.6 Å². The number of carbonyl (C=O) groups excluding carboxylic acids is 1. The molecular formula is C20H26ClNO5. The molecule has 0 spiro atoms. The number of aliphatic hydroxyl groups excluding tert-OH is 1. The van der Waals surface area contributed by atoms with Crippen molar-refractivity contribution in [2.24, 2.45) is 0 Å². The van der Waals surface area contributed by atoms with Gasteiger partial charge in [-0.25, -0.2) is 4.79 Å². The minimum Gasteiger partial charge on any atom is -0.465 e. The van der Waals surface area contributed by atoms with Crippen LogP contribution in [0, 0.1) is 6.92 Å². The minimum absolute atomic E-state index is 0.141. The first-order chi connectivity index (χ1) is 12.8. The fourth-order valence-electron chi connectivity index (χ4n) is 2.76. The Morgan fingerprint density at radius 1 is 1.33 bits per heavy atom. The number of ether oxygens (including phenoxy) is 2. The number of aliphatic hydroxyl groups is 1. The van der Waals surface area contributed by atoms with Gasteiger partial charge in [0, 0.05) is 11.6 Å². The molecule has 0 fully saturated rings. The summed E-state index contributed by atoms with van der Waals surface area (Å²) < 4.78 is 16.1. The number of carbonyl (C=O) groups is 1. The first-order valence-corrected chi connectivity index (χ1v) is 9.09. The lowest BCUT2D eigenvalue weighted by Gasteiger charge is -2.21. The van der Waals surface area contributed by atoms with Gasteiger partial charge in [-0.05, 0) is 44.7 Å². The number of hydrogen-bond acceptors (Lipinski definition) is 6. The highest BCUT2D eigenvalue weighted by molar-refractivity contribution is 6.30. The van der Waals surface area contributed by atoms with Gasteiger partial charge in [0.25, 0.3) is 0 Å². The monoisotopic (exact) mass is 395 g/mol. The molecule has 0 aliphatic carbocycles. The highest BCUT2D eigenvalue weighted by atomic mass is 35.5. The number of furan rings is 1. The van der Waals surface area contributed by atoms with E-state index in [9.17, 15) is 9.90 Å². The average Bonchev–Trinajstić information content (AvgIpc) is 2.99. The van der Waals surface area contributed by atoms with Gasteiger partial charge < -0.3 is 19.0 Å². The number of nitrogens with zero attached hydrogens (tertiary/aromatic N) is 1. The molecule has 7 heteroatoms. The van der Waals surface area contributed by atoms with Gasteiger partial charge in [-0.1, -0.05) is 23.7 Å². The number of hydrogen-bond donors (Lipinski definition) is 1. The number of aryl methyl sites for hydroxylation is 1. The Morgan fingerprint density at radius 3 is 2.63 bits per heavy atom. The molecule has 0 bridgehead atoms. The van der Waals surface area contributed by atoms with Gasteiger partial charge in [-0.2, -0.15) is 0 Å². The van der Waals surface area contributed by atoms with Crippen LogP contribution < -0.4 is 0 Å². The van der Waals surface area contributed by atoms with Crippen LogP contribution >= 0.6 is 11.6 Å². The molecule has 0 aliphatic heterocycles. The van der Waals surface area contributed by atoms with Gasteiger partial charge in [-0.15, -0.1) is 0 Å². The van der Waals surface area contributed by atoms with E-state index in [1.165, 1.54) is 7.11 Å². The first-order valence-electron chi connectivity index (χ1n) is 8.71. The molecule has 0 saturated heterocycles. The Hall–Kier alpha value is -1.86. The molecule has 1 N–H and O–H groups in total. The molecular weight excluding hydrogens is 370 g/mol. The van der Waals surface area contributed by atoms with Crippen LogP contribution in [0.15, 0.2) is 34.7 Å². The van der Waals surface area contributed by atoms with Crippen LogP contribution in [0.3, 0.4) is 0 Å². The van der Waals surface area contributed by atoms with Crippen molar-refractivity contribution < 1.29 is 23.8 Å². The molecule has 6 nitrogen and oxygen atoms in total. The predicted octanol–water partition coefficient (Wildman–Crippen LogP) is 3.60. The number of likely N-dealkylation sites (N-methyl/N-ethyl adjacent to an activating group) is 1. The molecule has 1 aromatic heterocycles. The summed E-state index contributed by atoms with van der Waals surface area (Å²) in [6, 6.07) is 9.11. The van der Waals surface area contributed by atoms with E-state index in [0.717, 1.165) is 5.56 Å². The zero-order valence-electron chi connectivity index (χ0n) is 16.1. The summed E-state index contributed by atoms with van der Waals surface area (Å²) >= 11 is 5.88. The van der Waals surface area contributed by atoms with Crippen LogP contribution in [0.1, 0.15) is 40.5 Å². The van der Waals surface area contributed by atoms with Crippen molar-refractivity contribution in [3.63, 3.8) is 0 Å². The maximum absolute atomic E-state index is 11.6. The fourth-order valence-corrected chi connectivity index (χ4v) is 2.89. The molecule has 0 saturated carbocycles. The normalized spacial score (nSPS) is 13.6. The Bertz CT molecular complexity index is 743. The van der Waals surface area contributed by atoms with Crippen LogP contribution in [-0.4, -0.2) is 49.4 Å². The molecule has 1 aromatic carbocycles. The highest BCUT2D eigenvalue weighted by Gasteiger charge is 2.17. The average molecular weight is 396 g/mol. The molecule has 0 radical (unpaired) electrons. The topological polar surface area (TPSA) is 72.1 Å². The quantitative estimate of drug-likeness (QED) is 0.654. The maximum atomic E-state index is 11.6. The summed E-state index contributed by atoms with van der Waals surface area (Å²) in [5, 5.41) is 10.9. The van der Waals surface area contributed by atoms with Crippen LogP contribution in [-0.2, 0) is 16.0 Å². The second kappa shape index (κ2) is 9.90. The van der Waals surface area contributed by atoms with E-state index in [4.69, 9.17) is 25.5 Å². The third-order valence-electron chi connectivity index (χ3n) is 4.20. The number of halogens is 1. The molecule has 2 aromatic rings. The third kappa shape index (κ3) is 6.36. The summed E-state index contributed by atoms with van der Waals surface area (Å²) in [6.45, 7) is 4.72. The van der Waals surface area contributed by atoms with Gasteiger partial charge in [-0.3, -0.25) is 4.90 Å². The van der Waals surface area contributed by atoms with Gasteiger partial charge in [0.1, 0.15) is 17.1 Å². The SMILES string of the molecule is COC(=O)c1cc(CN(C)CC(O)COC(C)c2ccc(Cl)cc2)oc1C. The molecule has 148 valence electrons. The summed E-state index contributed by atoms with van der Waals surface area (Å²) in [5.74, 6) is 0.735. The lowest BCUT2D eigenvalue weighted by Crippen LogP contribution is -2.32. The van der Waals surface area contributed by atoms with Crippen LogP contribution in [0.25, 0.3) is 0 Å². The van der Waals surface area contributed by atoms with Crippen molar-refractivity contribution in [3.8, 4) is 0 Å². The Morgan fingerprint density at radius 2 is 2.00 bits per heavy atom. The summed E-state index contributed by atoms with van der Waals surface area (Å²) in [6.07, 6.45) is -0.793. The first kappa shape index (κ1) is 21.4. The van der Waals surface area contributed by atoms with E-state index < -0.39 is 12.1 Å². The third-order valence-corrected chi connectivity index (χ3v) is 4.45. The molecule has 0 amide bonds. The molecule has 2 atom stereocenters. The maximum Gasteiger partial charge on any atom is 0.341 e. The van der Waals surface area contributed by atoms with Crippen molar-refractivity contribution in [3.05, 3.63) is 58.0 Å². The van der Waals surface area contributed by atoms with Gasteiger partial charge >= 0.3 is 5.97 Å². The van der Waals surface area contributed by atoms with Gasteiger partial charge in [0.05, 0.1) is 32.5 Å². The standard InChI is InChI=1S/C20H26ClNO5/c1-13(15-5-7-16(21)8-6-15)26-12-17(23)10-22(3)11-18-9-19(14(2)27-18)20(24)25-4/h5-9,13,17,23H,10-12H2,1-4H3. The van der Waals surface area contributed by atoms with Crippen LogP contribution in [0.5, 0.6) is 0 Å². The molecule has 27 heavy (non-hydrogen) atoms. The van der Waals surface area contributed by atoms with Gasteiger partial charge in [0.2, 0.25) is 0 Å². The Kier molecular flexibility index (Phi) is 7.86. The number of esters is 1. The predicted molar refractivity (Wildman–Crippen MR) is 103 cm³/mol. The van der Waals surface area contributed by atoms with E-state index in [1.807, 2.05) is 43.1 Å². The smallest absolute Gasteiger partial charge is 0.341 e. The van der Waals surface area contributed by atoms with Gasteiger partial charge in [0.15, 0.2) is 0 Å². The summed E-state index contributed by atoms with van der Waals surface area (Å²) in [4.78, 5) is 13.5. The number of benzene rings is 1. The van der Waals surface area contributed by atoms with Crippen LogP contribution in [0.4, 0.5) is 0 Å². The van der Waals surface area contributed by atoms with Crippen LogP contribution in [0.2, 0.25) is 5.02 Å². The molecule has 1 heterocycles. The summed E-state index contributed by atoms with van der Waals surface area (Å²) in [5.41, 5.74) is 1.42. The molecule has 2 rings (SSSR count). The Labute approximate surface area is 164 Å². The largest absolute Gasteiger partial charge is 0.465 e. The van der Waals surface area contributed by atoms with E-state index in [-0.39, 0.29) is 12.7 Å². The van der Waals surface area contributed by atoms with E-state index in [0.29, 0.717) is 35.2 Å². The van der Waals surface area contributed by atoms with Crippen molar-refractivity contribution in [2.75, 3.05) is 27.3 Å². The van der Waals surface area contributed by atoms with Crippen molar-refractivity contribution in [1.82, 2.24) is 4.90 Å². The fraction of sp³-hybridized carbons (Fsp3) is 0.450. The lowest BCUT2D eigenvalue weighted by molar-refractivity contribution is -0.0143. The highest BCUT2D eigenvalue weighted by Crippen LogP contribution is 2.20. The zero-order chi connectivity index (χ0) is 20.0. The lowest BCUT2D eigenvalue weighted by atomic mass is 10.1. The second-order valence-electron chi connectivity index (χ2n) is 6.55. The Balaban J connectivity index is 1.80. The summed E-state index contributed by atoms with van der Waals surface area (Å²) in [7, 11) is 3.20. The zero-order valence-corrected chi connectivity index (χ0v) is 16.8. The van der Waals surface area contributed by atoms with Crippen molar-refractivity contribution in [2.45, 2.75) is 32.6 Å². The number of methoxy groups -OCH3 is 1. The second-order valence-corrected chi connectivity index (χ2v) is 6.99. The minimum atomic E-state index is -0.652. The van der Waals surface area contributed by atoms with E-state index in [2.05, 4.69) is 0 Å². The van der Waals surface area contributed by atoms with E-state index >= 15 is 0 Å². The molecule has 0 aliphatic rings. The number of rotatable bonds is 9. The van der Waals surface area contributed by atoms with Crippen molar-refractivity contribution in [1.29, 1.82) is 0 Å².